The Hall–Kier alpha value is -3.74. The molecule has 7 heteroatoms. The summed E-state index contributed by atoms with van der Waals surface area (Å²) in [5, 5.41) is 6.95. The highest BCUT2D eigenvalue weighted by Crippen LogP contribution is 2.19. The zero-order chi connectivity index (χ0) is 19.5. The van der Waals surface area contributed by atoms with E-state index in [1.165, 1.54) is 16.8 Å². The van der Waals surface area contributed by atoms with Gasteiger partial charge in [-0.1, -0.05) is 19.1 Å². The van der Waals surface area contributed by atoms with Crippen molar-refractivity contribution in [2.45, 2.75) is 19.9 Å². The fourth-order valence-corrected chi connectivity index (χ4v) is 3.01. The highest BCUT2D eigenvalue weighted by atomic mass is 16.2. The van der Waals surface area contributed by atoms with Gasteiger partial charge in [0.2, 0.25) is 0 Å². The molecular weight excluding hydrogens is 354 g/mol. The Bertz CT molecular complexity index is 1190. The summed E-state index contributed by atoms with van der Waals surface area (Å²) < 4.78 is 3.30. The first kappa shape index (κ1) is 17.7. The van der Waals surface area contributed by atoms with E-state index in [9.17, 15) is 9.59 Å². The Morgan fingerprint density at radius 2 is 1.82 bits per heavy atom. The molecule has 0 spiro atoms. The molecule has 7 nitrogen and oxygen atoms in total. The van der Waals surface area contributed by atoms with Crippen LogP contribution in [0.15, 0.2) is 71.8 Å². The summed E-state index contributed by atoms with van der Waals surface area (Å²) in [6.07, 6.45) is 2.54. The fourth-order valence-electron chi connectivity index (χ4n) is 3.01. The molecule has 0 unspecified atom stereocenters. The smallest absolute Gasteiger partial charge is 0.276 e. The van der Waals surface area contributed by atoms with Crippen LogP contribution in [0.2, 0.25) is 0 Å². The summed E-state index contributed by atoms with van der Waals surface area (Å²) in [6.45, 7) is 2.43. The van der Waals surface area contributed by atoms with Gasteiger partial charge in [0.1, 0.15) is 12.0 Å². The van der Waals surface area contributed by atoms with E-state index in [2.05, 4.69) is 15.4 Å². The maximum atomic E-state index is 12.5. The number of benzene rings is 2. The molecule has 4 rings (SSSR count). The van der Waals surface area contributed by atoms with Gasteiger partial charge in [0.15, 0.2) is 0 Å². The molecule has 0 aliphatic carbocycles. The highest BCUT2D eigenvalue weighted by Gasteiger charge is 2.10. The van der Waals surface area contributed by atoms with Crippen molar-refractivity contribution < 1.29 is 4.79 Å². The van der Waals surface area contributed by atoms with Gasteiger partial charge in [-0.15, -0.1) is 0 Å². The third-order valence-corrected chi connectivity index (χ3v) is 4.39. The zero-order valence-electron chi connectivity index (χ0n) is 15.4. The number of para-hydroxylation sites is 2. The van der Waals surface area contributed by atoms with Crippen molar-refractivity contribution in [3.05, 3.63) is 83.0 Å². The normalized spacial score (nSPS) is 10.9. The molecule has 0 bridgehead atoms. The molecule has 2 heterocycles. The maximum absolute atomic E-state index is 12.5. The molecule has 0 atom stereocenters. The number of hydrogen-bond donors (Lipinski definition) is 1. The second-order valence-corrected chi connectivity index (χ2v) is 6.38. The quantitative estimate of drug-likeness (QED) is 0.582. The summed E-state index contributed by atoms with van der Waals surface area (Å²) in [7, 11) is 0. The molecule has 0 fully saturated rings. The molecule has 4 aromatic rings. The first-order valence-corrected chi connectivity index (χ1v) is 9.08. The SMILES string of the molecule is CCCn1nc(C(=O)Nc2ccc(-n3cnc4ccccc43)cc2)ccc1=O. The number of aryl methyl sites for hydroxylation is 1. The van der Waals surface area contributed by atoms with E-state index >= 15 is 0 Å². The van der Waals surface area contributed by atoms with Crippen LogP contribution in [0.4, 0.5) is 5.69 Å². The van der Waals surface area contributed by atoms with Crippen LogP contribution < -0.4 is 10.9 Å². The minimum Gasteiger partial charge on any atom is -0.321 e. The first-order chi connectivity index (χ1) is 13.7. The highest BCUT2D eigenvalue weighted by molar-refractivity contribution is 6.02. The molecule has 0 aliphatic heterocycles. The van der Waals surface area contributed by atoms with Gasteiger partial charge in [-0.25, -0.2) is 9.67 Å². The number of nitrogens with one attached hydrogen (secondary N) is 1. The molecule has 0 aliphatic rings. The number of amides is 1. The lowest BCUT2D eigenvalue weighted by Gasteiger charge is -2.09. The van der Waals surface area contributed by atoms with Crippen molar-refractivity contribution in [2.75, 3.05) is 5.32 Å². The van der Waals surface area contributed by atoms with Crippen LogP contribution in [-0.2, 0) is 6.54 Å². The fraction of sp³-hybridized carbons (Fsp3) is 0.143. The summed E-state index contributed by atoms with van der Waals surface area (Å²) in [6, 6.07) is 18.2. The van der Waals surface area contributed by atoms with Gasteiger partial charge in [-0.2, -0.15) is 5.10 Å². The van der Waals surface area contributed by atoms with Crippen molar-refractivity contribution in [1.82, 2.24) is 19.3 Å². The Morgan fingerprint density at radius 3 is 2.61 bits per heavy atom. The maximum Gasteiger partial charge on any atom is 0.276 e. The molecular formula is C21H19N5O2. The van der Waals surface area contributed by atoms with Crippen LogP contribution in [0.5, 0.6) is 0 Å². The number of carbonyl (C=O) groups is 1. The van der Waals surface area contributed by atoms with Gasteiger partial charge in [0.05, 0.1) is 11.0 Å². The zero-order valence-corrected chi connectivity index (χ0v) is 15.4. The lowest BCUT2D eigenvalue weighted by molar-refractivity contribution is 0.101. The van der Waals surface area contributed by atoms with E-state index in [4.69, 9.17) is 0 Å². The monoisotopic (exact) mass is 373 g/mol. The van der Waals surface area contributed by atoms with Gasteiger partial charge >= 0.3 is 0 Å². The molecule has 2 aromatic heterocycles. The summed E-state index contributed by atoms with van der Waals surface area (Å²) in [4.78, 5) is 28.6. The number of aromatic nitrogens is 4. The van der Waals surface area contributed by atoms with Crippen LogP contribution >= 0.6 is 0 Å². The predicted molar refractivity (Wildman–Crippen MR) is 108 cm³/mol. The number of imidazole rings is 1. The number of carbonyl (C=O) groups excluding carboxylic acids is 1. The Kier molecular flexibility index (Phi) is 4.72. The van der Waals surface area contributed by atoms with Crippen LogP contribution in [-0.4, -0.2) is 25.2 Å². The Balaban J connectivity index is 1.54. The van der Waals surface area contributed by atoms with E-state index in [-0.39, 0.29) is 17.2 Å². The average Bonchev–Trinajstić information content (AvgIpc) is 3.14. The molecule has 140 valence electrons. The molecule has 1 amide bonds. The van der Waals surface area contributed by atoms with Gasteiger partial charge in [-0.3, -0.25) is 14.2 Å². The van der Waals surface area contributed by atoms with Crippen molar-refractivity contribution in [3.63, 3.8) is 0 Å². The largest absolute Gasteiger partial charge is 0.321 e. The third-order valence-electron chi connectivity index (χ3n) is 4.39. The van der Waals surface area contributed by atoms with Crippen molar-refractivity contribution in [3.8, 4) is 5.69 Å². The van der Waals surface area contributed by atoms with Gasteiger partial charge in [-0.05, 0) is 48.9 Å². The van der Waals surface area contributed by atoms with Crippen LogP contribution in [0.25, 0.3) is 16.7 Å². The third kappa shape index (κ3) is 3.42. The summed E-state index contributed by atoms with van der Waals surface area (Å²) in [5.41, 5.74) is 3.53. The molecule has 2 aromatic carbocycles. The lowest BCUT2D eigenvalue weighted by Crippen LogP contribution is -2.26. The van der Waals surface area contributed by atoms with Crippen LogP contribution in [0.3, 0.4) is 0 Å². The standard InChI is InChI=1S/C21H19N5O2/c1-2-13-26-20(27)12-11-18(24-26)21(28)23-15-7-9-16(10-8-15)25-14-22-17-5-3-4-6-19(17)25/h3-12,14H,2,13H2,1H3,(H,23,28). The first-order valence-electron chi connectivity index (χ1n) is 9.08. The van der Waals surface area contributed by atoms with Gasteiger partial charge < -0.3 is 5.32 Å². The van der Waals surface area contributed by atoms with E-state index in [1.807, 2.05) is 60.0 Å². The van der Waals surface area contributed by atoms with E-state index in [0.29, 0.717) is 12.2 Å². The Morgan fingerprint density at radius 1 is 1.04 bits per heavy atom. The van der Waals surface area contributed by atoms with Crippen molar-refractivity contribution in [2.24, 2.45) is 0 Å². The van der Waals surface area contributed by atoms with Crippen LogP contribution in [0, 0.1) is 0 Å². The number of anilines is 1. The molecule has 0 radical (unpaired) electrons. The number of fused-ring (bicyclic) bond motifs is 1. The second kappa shape index (κ2) is 7.48. The minimum absolute atomic E-state index is 0.206. The topological polar surface area (TPSA) is 81.8 Å². The van der Waals surface area contributed by atoms with Crippen LogP contribution in [0.1, 0.15) is 23.8 Å². The summed E-state index contributed by atoms with van der Waals surface area (Å²) in [5.74, 6) is -0.356. The van der Waals surface area contributed by atoms with Crippen molar-refractivity contribution in [1.29, 1.82) is 0 Å². The number of hydrogen-bond acceptors (Lipinski definition) is 4. The Labute approximate surface area is 161 Å². The predicted octanol–water partition coefficient (Wildman–Crippen LogP) is 3.24. The minimum atomic E-state index is -0.356. The van der Waals surface area contributed by atoms with Gasteiger partial charge in [0.25, 0.3) is 11.5 Å². The summed E-state index contributed by atoms with van der Waals surface area (Å²) >= 11 is 0. The average molecular weight is 373 g/mol. The lowest BCUT2D eigenvalue weighted by atomic mass is 10.2. The number of nitrogens with zero attached hydrogens (tertiary/aromatic N) is 4. The second-order valence-electron chi connectivity index (χ2n) is 6.38. The number of rotatable bonds is 5. The molecule has 1 N–H and O–H groups in total. The van der Waals surface area contributed by atoms with Crippen molar-refractivity contribution >= 4 is 22.6 Å². The molecule has 0 saturated carbocycles. The van der Waals surface area contributed by atoms with E-state index in [0.717, 1.165) is 23.1 Å². The molecule has 0 saturated heterocycles. The van der Waals surface area contributed by atoms with Gasteiger partial charge in [0, 0.05) is 24.0 Å². The molecule has 28 heavy (non-hydrogen) atoms. The van der Waals surface area contributed by atoms with E-state index < -0.39 is 0 Å². The van der Waals surface area contributed by atoms with E-state index in [1.54, 1.807) is 6.33 Å².